The Morgan fingerprint density at radius 3 is 2.46 bits per heavy atom. The number of nitrogens with zero attached hydrogens (tertiary/aromatic N) is 4. The third-order valence-electron chi connectivity index (χ3n) is 6.15. The summed E-state index contributed by atoms with van der Waals surface area (Å²) in [6.45, 7) is 5.39. The molecule has 35 heavy (non-hydrogen) atoms. The molecule has 1 saturated heterocycles. The maximum atomic E-state index is 13.4. The van der Waals surface area contributed by atoms with Crippen LogP contribution in [0.2, 0.25) is 0 Å². The summed E-state index contributed by atoms with van der Waals surface area (Å²) < 4.78 is 18.8. The van der Waals surface area contributed by atoms with Crippen LogP contribution in [0.3, 0.4) is 0 Å². The molecule has 1 N–H and O–H groups in total. The lowest BCUT2D eigenvalue weighted by molar-refractivity contribution is 0.0948. The zero-order valence-electron chi connectivity index (χ0n) is 19.4. The average molecular weight is 472 g/mol. The van der Waals surface area contributed by atoms with Crippen LogP contribution in [0.1, 0.15) is 21.7 Å². The van der Waals surface area contributed by atoms with Gasteiger partial charge in [0.05, 0.1) is 12.8 Å². The van der Waals surface area contributed by atoms with E-state index in [1.165, 1.54) is 23.4 Å². The van der Waals surface area contributed by atoms with Gasteiger partial charge in [0.15, 0.2) is 5.82 Å². The van der Waals surface area contributed by atoms with Crippen LogP contribution in [0, 0.1) is 12.7 Å². The minimum Gasteiger partial charge on any atom is -0.467 e. The number of halogens is 1. The number of rotatable bonds is 6. The standard InChI is InChI=1S/C27H26FN5O2/c1-19-5-2-3-7-24(19)32-12-14-33(15-13-32)26-23(27(34)30-17-22-6-4-16-35-22)18-29-25(31-26)20-8-10-21(28)11-9-20/h2-11,16,18H,12-15,17H2,1H3,(H,30,34). The molecule has 4 aromatic rings. The molecule has 0 radical (unpaired) electrons. The molecule has 1 aliphatic heterocycles. The van der Waals surface area contributed by atoms with E-state index in [2.05, 4.69) is 45.2 Å². The molecule has 1 aliphatic rings. The molecule has 0 saturated carbocycles. The Balaban J connectivity index is 1.41. The number of anilines is 2. The van der Waals surface area contributed by atoms with E-state index in [0.717, 1.165) is 13.1 Å². The van der Waals surface area contributed by atoms with Gasteiger partial charge in [0.2, 0.25) is 0 Å². The predicted molar refractivity (Wildman–Crippen MR) is 133 cm³/mol. The van der Waals surface area contributed by atoms with Gasteiger partial charge in [-0.3, -0.25) is 4.79 Å². The molecule has 8 heteroatoms. The number of benzene rings is 2. The van der Waals surface area contributed by atoms with E-state index in [9.17, 15) is 9.18 Å². The second kappa shape index (κ2) is 9.97. The number of hydrogen-bond donors (Lipinski definition) is 1. The fourth-order valence-corrected chi connectivity index (χ4v) is 4.27. The summed E-state index contributed by atoms with van der Waals surface area (Å²) in [6, 6.07) is 18.0. The van der Waals surface area contributed by atoms with Gasteiger partial charge in [-0.05, 0) is 55.0 Å². The predicted octanol–water partition coefficient (Wildman–Crippen LogP) is 4.44. The molecule has 1 amide bonds. The summed E-state index contributed by atoms with van der Waals surface area (Å²) in [4.78, 5) is 26.8. The molecular formula is C27H26FN5O2. The smallest absolute Gasteiger partial charge is 0.256 e. The van der Waals surface area contributed by atoms with Gasteiger partial charge in [-0.1, -0.05) is 18.2 Å². The summed E-state index contributed by atoms with van der Waals surface area (Å²) >= 11 is 0. The van der Waals surface area contributed by atoms with Crippen molar-refractivity contribution in [2.45, 2.75) is 13.5 Å². The van der Waals surface area contributed by atoms with Gasteiger partial charge in [-0.2, -0.15) is 0 Å². The van der Waals surface area contributed by atoms with Crippen molar-refractivity contribution in [3.63, 3.8) is 0 Å². The van der Waals surface area contributed by atoms with Crippen LogP contribution in [-0.4, -0.2) is 42.1 Å². The van der Waals surface area contributed by atoms with Crippen molar-refractivity contribution in [2.75, 3.05) is 36.0 Å². The molecule has 0 bridgehead atoms. The van der Waals surface area contributed by atoms with E-state index in [1.807, 2.05) is 6.07 Å². The Labute approximate surface area is 203 Å². The number of furan rings is 1. The summed E-state index contributed by atoms with van der Waals surface area (Å²) in [6.07, 6.45) is 3.12. The van der Waals surface area contributed by atoms with E-state index in [1.54, 1.807) is 36.7 Å². The largest absolute Gasteiger partial charge is 0.467 e. The molecule has 2 aromatic carbocycles. The van der Waals surface area contributed by atoms with Crippen LogP contribution in [0.4, 0.5) is 15.9 Å². The molecule has 2 aromatic heterocycles. The number of piperazine rings is 1. The number of amides is 1. The SMILES string of the molecule is Cc1ccccc1N1CCN(c2nc(-c3ccc(F)cc3)ncc2C(=O)NCc2ccco2)CC1. The highest BCUT2D eigenvalue weighted by Gasteiger charge is 2.25. The lowest BCUT2D eigenvalue weighted by Crippen LogP contribution is -2.47. The van der Waals surface area contributed by atoms with Crippen LogP contribution in [0.25, 0.3) is 11.4 Å². The van der Waals surface area contributed by atoms with Crippen LogP contribution in [-0.2, 0) is 6.54 Å². The van der Waals surface area contributed by atoms with Crippen LogP contribution in [0.15, 0.2) is 77.5 Å². The molecule has 3 heterocycles. The Morgan fingerprint density at radius 2 is 1.74 bits per heavy atom. The highest BCUT2D eigenvalue weighted by molar-refractivity contribution is 5.99. The monoisotopic (exact) mass is 471 g/mol. The normalized spacial score (nSPS) is 13.7. The highest BCUT2D eigenvalue weighted by Crippen LogP contribution is 2.26. The van der Waals surface area contributed by atoms with Crippen molar-refractivity contribution in [1.29, 1.82) is 0 Å². The molecule has 0 unspecified atom stereocenters. The van der Waals surface area contributed by atoms with Gasteiger partial charge in [0.1, 0.15) is 23.0 Å². The second-order valence-electron chi connectivity index (χ2n) is 8.46. The first-order valence-electron chi connectivity index (χ1n) is 11.6. The lowest BCUT2D eigenvalue weighted by atomic mass is 10.1. The topological polar surface area (TPSA) is 74.5 Å². The molecule has 0 spiro atoms. The molecule has 178 valence electrons. The van der Waals surface area contributed by atoms with Gasteiger partial charge < -0.3 is 19.5 Å². The molecule has 0 aliphatic carbocycles. The highest BCUT2D eigenvalue weighted by atomic mass is 19.1. The Hall–Kier alpha value is -4.20. The van der Waals surface area contributed by atoms with Crippen LogP contribution < -0.4 is 15.1 Å². The third kappa shape index (κ3) is 5.01. The Kier molecular flexibility index (Phi) is 6.43. The van der Waals surface area contributed by atoms with Crippen molar-refractivity contribution in [1.82, 2.24) is 15.3 Å². The molecule has 1 fully saturated rings. The quantitative estimate of drug-likeness (QED) is 0.448. The number of para-hydroxylation sites is 1. The van der Waals surface area contributed by atoms with E-state index < -0.39 is 0 Å². The van der Waals surface area contributed by atoms with Gasteiger partial charge in [0.25, 0.3) is 5.91 Å². The maximum absolute atomic E-state index is 13.4. The Bertz CT molecular complexity index is 1300. The summed E-state index contributed by atoms with van der Waals surface area (Å²) in [5.74, 6) is 1.08. The minimum atomic E-state index is -0.324. The van der Waals surface area contributed by atoms with E-state index in [-0.39, 0.29) is 18.3 Å². The molecule has 0 atom stereocenters. The first-order chi connectivity index (χ1) is 17.1. The zero-order valence-corrected chi connectivity index (χ0v) is 19.4. The minimum absolute atomic E-state index is 0.270. The number of carbonyl (C=O) groups excluding carboxylic acids is 1. The maximum Gasteiger partial charge on any atom is 0.256 e. The van der Waals surface area contributed by atoms with Crippen LogP contribution in [0.5, 0.6) is 0 Å². The van der Waals surface area contributed by atoms with Gasteiger partial charge in [-0.15, -0.1) is 0 Å². The second-order valence-corrected chi connectivity index (χ2v) is 8.46. The Morgan fingerprint density at radius 1 is 1.00 bits per heavy atom. The van der Waals surface area contributed by atoms with E-state index in [0.29, 0.717) is 41.6 Å². The number of aryl methyl sites for hydroxylation is 1. The van der Waals surface area contributed by atoms with Gasteiger partial charge in [-0.25, -0.2) is 14.4 Å². The number of carbonyl (C=O) groups is 1. The zero-order chi connectivity index (χ0) is 24.2. The molecule has 7 nitrogen and oxygen atoms in total. The molecule has 5 rings (SSSR count). The van der Waals surface area contributed by atoms with Crippen molar-refractivity contribution in [2.24, 2.45) is 0 Å². The lowest BCUT2D eigenvalue weighted by Gasteiger charge is -2.38. The average Bonchev–Trinajstić information content (AvgIpc) is 3.42. The van der Waals surface area contributed by atoms with Crippen molar-refractivity contribution < 1.29 is 13.6 Å². The molecular weight excluding hydrogens is 445 g/mol. The number of hydrogen-bond acceptors (Lipinski definition) is 6. The van der Waals surface area contributed by atoms with Crippen LogP contribution >= 0.6 is 0 Å². The summed E-state index contributed by atoms with van der Waals surface area (Å²) in [5.41, 5.74) is 3.54. The number of aromatic nitrogens is 2. The van der Waals surface area contributed by atoms with Crippen molar-refractivity contribution >= 4 is 17.4 Å². The van der Waals surface area contributed by atoms with E-state index >= 15 is 0 Å². The summed E-state index contributed by atoms with van der Waals surface area (Å²) in [7, 11) is 0. The fourth-order valence-electron chi connectivity index (χ4n) is 4.27. The van der Waals surface area contributed by atoms with Crippen molar-refractivity contribution in [3.8, 4) is 11.4 Å². The van der Waals surface area contributed by atoms with Gasteiger partial charge >= 0.3 is 0 Å². The van der Waals surface area contributed by atoms with Gasteiger partial charge in [0, 0.05) is 43.6 Å². The first-order valence-corrected chi connectivity index (χ1v) is 11.6. The third-order valence-corrected chi connectivity index (χ3v) is 6.15. The summed E-state index contributed by atoms with van der Waals surface area (Å²) in [5, 5.41) is 2.89. The van der Waals surface area contributed by atoms with Crippen molar-refractivity contribution in [3.05, 3.63) is 95.8 Å². The fraction of sp³-hybridized carbons (Fsp3) is 0.222. The first kappa shape index (κ1) is 22.6. The van der Waals surface area contributed by atoms with E-state index in [4.69, 9.17) is 9.40 Å². The number of nitrogens with one attached hydrogen (secondary N) is 1.